The largest absolute Gasteiger partial charge is 0.245 e. The molecule has 0 spiro atoms. The summed E-state index contributed by atoms with van der Waals surface area (Å²) in [6.45, 7) is 2.20. The van der Waals surface area contributed by atoms with Crippen LogP contribution in [-0.2, 0) is 0 Å². The van der Waals surface area contributed by atoms with E-state index in [2.05, 4.69) is 128 Å². The molecule has 0 N–H and O–H groups in total. The van der Waals surface area contributed by atoms with Crippen LogP contribution in [0.4, 0.5) is 0 Å². The predicted octanol–water partition coefficient (Wildman–Crippen LogP) is 5.60. The van der Waals surface area contributed by atoms with Gasteiger partial charge in [-0.25, -0.2) is 9.97 Å². The Kier molecular flexibility index (Phi) is 4.49. The van der Waals surface area contributed by atoms with Gasteiger partial charge in [-0.2, -0.15) is 0 Å². The molecule has 1 aliphatic rings. The van der Waals surface area contributed by atoms with Gasteiger partial charge in [0.1, 0.15) is 5.45 Å². The summed E-state index contributed by atoms with van der Waals surface area (Å²) in [6.07, 6.45) is 2.02. The quantitative estimate of drug-likeness (QED) is 0.228. The number of aromatic nitrogens is 2. The van der Waals surface area contributed by atoms with Crippen molar-refractivity contribution in [2.24, 2.45) is 0 Å². The highest BCUT2D eigenvalue weighted by molar-refractivity contribution is 7.22. The Morgan fingerprint density at radius 3 is 2.08 bits per heavy atom. The third kappa shape index (κ3) is 2.77. The Balaban J connectivity index is 1.67. The number of fused-ring (bicyclic) bond motifs is 9. The highest BCUT2D eigenvalue weighted by Gasteiger charge is 2.53. The minimum Gasteiger partial charge on any atom is -0.245 e. The second-order valence-corrected chi connectivity index (χ2v) is 13.8. The van der Waals surface area contributed by atoms with Crippen LogP contribution in [0.5, 0.6) is 0 Å². The lowest BCUT2D eigenvalue weighted by molar-refractivity contribution is 1.28. The van der Waals surface area contributed by atoms with E-state index in [1.165, 1.54) is 53.8 Å². The first-order chi connectivity index (χ1) is 18.8. The van der Waals surface area contributed by atoms with Gasteiger partial charge in [0, 0.05) is 11.6 Å². The normalized spacial score (nSPS) is 16.1. The van der Waals surface area contributed by atoms with Gasteiger partial charge in [-0.3, -0.25) is 0 Å². The fraction of sp³-hybridized carbons (Fsp3) is 0.0286. The monoisotopic (exact) mass is 500 g/mol. The number of aryl methyl sites for hydroxylation is 1. The molecule has 0 amide bonds. The Morgan fingerprint density at radius 1 is 0.605 bits per heavy atom. The smallest absolute Gasteiger partial charge is 0.227 e. The fourth-order valence-electron chi connectivity index (χ4n) is 6.63. The predicted molar refractivity (Wildman–Crippen MR) is 162 cm³/mol. The van der Waals surface area contributed by atoms with Crippen LogP contribution in [0.1, 0.15) is 5.56 Å². The lowest BCUT2D eigenvalue weighted by Crippen LogP contribution is -2.74. The molecular formula is C35H24N2Si. The van der Waals surface area contributed by atoms with Gasteiger partial charge in [-0.1, -0.05) is 121 Å². The number of rotatable bonds is 2. The highest BCUT2D eigenvalue weighted by atomic mass is 28.3. The van der Waals surface area contributed by atoms with Crippen molar-refractivity contribution in [3.63, 3.8) is 0 Å². The van der Waals surface area contributed by atoms with E-state index in [0.717, 1.165) is 16.4 Å². The summed E-state index contributed by atoms with van der Waals surface area (Å²) in [5, 5.41) is 10.4. The number of para-hydroxylation sites is 1. The average Bonchev–Trinajstić information content (AvgIpc) is 3.29. The zero-order valence-electron chi connectivity index (χ0n) is 21.0. The lowest BCUT2D eigenvalue weighted by atomic mass is 9.93. The molecule has 1 atom stereocenters. The summed E-state index contributed by atoms with van der Waals surface area (Å²) < 4.78 is 0. The Morgan fingerprint density at radius 2 is 1.26 bits per heavy atom. The van der Waals surface area contributed by atoms with E-state index in [4.69, 9.17) is 9.97 Å². The number of nitrogens with zero attached hydrogens (tertiary/aromatic N) is 2. The summed E-state index contributed by atoms with van der Waals surface area (Å²) in [5.74, 6) is 0. The molecule has 7 aromatic rings. The molecule has 1 unspecified atom stereocenters. The van der Waals surface area contributed by atoms with E-state index in [-0.39, 0.29) is 0 Å². The van der Waals surface area contributed by atoms with Gasteiger partial charge in [0.25, 0.3) is 0 Å². The summed E-state index contributed by atoms with van der Waals surface area (Å²) >= 11 is 0. The van der Waals surface area contributed by atoms with Crippen molar-refractivity contribution in [1.29, 1.82) is 0 Å². The molecule has 0 saturated carbocycles. The first kappa shape index (κ1) is 21.5. The summed E-state index contributed by atoms with van der Waals surface area (Å²) in [5.41, 5.74) is 5.88. The van der Waals surface area contributed by atoms with Crippen LogP contribution in [0.15, 0.2) is 128 Å². The fourth-order valence-corrected chi connectivity index (χ4v) is 11.8. The summed E-state index contributed by atoms with van der Waals surface area (Å²) in [4.78, 5) is 10.6. The van der Waals surface area contributed by atoms with E-state index < -0.39 is 8.07 Å². The average molecular weight is 501 g/mol. The van der Waals surface area contributed by atoms with Crippen LogP contribution < -0.4 is 21.0 Å². The van der Waals surface area contributed by atoms with E-state index in [9.17, 15) is 0 Å². The minimum atomic E-state index is -2.88. The summed E-state index contributed by atoms with van der Waals surface area (Å²) in [7, 11) is -2.88. The van der Waals surface area contributed by atoms with Crippen LogP contribution in [0.25, 0.3) is 43.6 Å². The van der Waals surface area contributed by atoms with Crippen molar-refractivity contribution < 1.29 is 0 Å². The number of benzene rings is 6. The maximum Gasteiger partial charge on any atom is 0.227 e. The molecule has 1 aromatic heterocycles. The maximum absolute atomic E-state index is 5.37. The van der Waals surface area contributed by atoms with Crippen molar-refractivity contribution in [2.45, 2.75) is 6.92 Å². The molecule has 8 rings (SSSR count). The van der Waals surface area contributed by atoms with Gasteiger partial charge in [0.2, 0.25) is 8.07 Å². The zero-order valence-corrected chi connectivity index (χ0v) is 22.0. The van der Waals surface area contributed by atoms with Gasteiger partial charge in [-0.15, -0.1) is 0 Å². The van der Waals surface area contributed by atoms with E-state index in [0.29, 0.717) is 0 Å². The highest BCUT2D eigenvalue weighted by Crippen LogP contribution is 2.39. The van der Waals surface area contributed by atoms with Crippen molar-refractivity contribution in [3.05, 3.63) is 133 Å². The number of hydrogen-bond donors (Lipinski definition) is 0. The van der Waals surface area contributed by atoms with Gasteiger partial charge in [0.15, 0.2) is 0 Å². The van der Waals surface area contributed by atoms with Gasteiger partial charge >= 0.3 is 0 Å². The first-order valence-corrected chi connectivity index (χ1v) is 15.1. The second-order valence-electron chi connectivity index (χ2n) is 10.3. The number of hydrogen-bond acceptors (Lipinski definition) is 2. The molecule has 178 valence electrons. The molecule has 1 aliphatic heterocycles. The molecule has 6 aromatic carbocycles. The van der Waals surface area contributed by atoms with Crippen LogP contribution >= 0.6 is 0 Å². The minimum absolute atomic E-state index is 0.952. The molecular weight excluding hydrogens is 476 g/mol. The van der Waals surface area contributed by atoms with Gasteiger partial charge in [0.05, 0.1) is 5.52 Å². The molecule has 38 heavy (non-hydrogen) atoms. The Hall–Kier alpha value is -4.60. The zero-order chi connectivity index (χ0) is 25.3. The third-order valence-electron chi connectivity index (χ3n) is 8.19. The van der Waals surface area contributed by atoms with Crippen molar-refractivity contribution >= 4 is 61.5 Å². The molecule has 0 fully saturated rings. The molecule has 3 heteroatoms. The van der Waals surface area contributed by atoms with E-state index >= 15 is 0 Å². The molecule has 0 aliphatic carbocycles. The van der Waals surface area contributed by atoms with E-state index in [1.54, 1.807) is 0 Å². The maximum atomic E-state index is 5.37. The lowest BCUT2D eigenvalue weighted by Gasteiger charge is -2.30. The molecule has 2 heterocycles. The van der Waals surface area contributed by atoms with Crippen LogP contribution in [0.2, 0.25) is 0 Å². The van der Waals surface area contributed by atoms with Crippen LogP contribution in [-0.4, -0.2) is 18.0 Å². The Labute approximate surface area is 222 Å². The summed E-state index contributed by atoms with van der Waals surface area (Å²) in [6, 6.07) is 44.2. The molecule has 2 nitrogen and oxygen atoms in total. The van der Waals surface area contributed by atoms with Crippen molar-refractivity contribution in [1.82, 2.24) is 9.97 Å². The first-order valence-electron chi connectivity index (χ1n) is 13.1. The van der Waals surface area contributed by atoms with E-state index in [1.807, 2.05) is 6.20 Å². The van der Waals surface area contributed by atoms with Gasteiger partial charge in [-0.05, 0) is 61.2 Å². The third-order valence-corrected chi connectivity index (χ3v) is 12.8. The standard InChI is InChI=1S/C35H24N2Si/c1-23-19-20-30-32(21-23)38(25-12-3-2-4-13-25,35-36-22-24-11-5-10-18-31(24)37-35)34-29-17-9-7-15-27(29)26-14-6-8-16-28(26)33(30)34/h2-22H,1H3. The molecule has 0 radical (unpaired) electrons. The van der Waals surface area contributed by atoms with Crippen molar-refractivity contribution in [2.75, 3.05) is 0 Å². The van der Waals surface area contributed by atoms with Crippen LogP contribution in [0, 0.1) is 6.92 Å². The van der Waals surface area contributed by atoms with Gasteiger partial charge < -0.3 is 0 Å². The second kappa shape index (κ2) is 7.95. The van der Waals surface area contributed by atoms with Crippen molar-refractivity contribution in [3.8, 4) is 11.1 Å². The molecule has 0 bridgehead atoms. The Bertz CT molecular complexity index is 2050. The topological polar surface area (TPSA) is 25.8 Å². The van der Waals surface area contributed by atoms with Crippen LogP contribution in [0.3, 0.4) is 0 Å². The SMILES string of the molecule is Cc1ccc2c(c1)[Si](c1ccccc1)(c1ncc3ccccc3n1)c1c-2c2ccccc2c2ccccc12. The molecule has 0 saturated heterocycles.